The van der Waals surface area contributed by atoms with E-state index in [4.69, 9.17) is 26.3 Å². The number of rotatable bonds is 3. The van der Waals surface area contributed by atoms with E-state index in [1.54, 1.807) is 7.11 Å². The summed E-state index contributed by atoms with van der Waals surface area (Å²) >= 11 is 6.14. The minimum Gasteiger partial charge on any atom is -0.496 e. The summed E-state index contributed by atoms with van der Waals surface area (Å²) in [5.41, 5.74) is 5.07. The summed E-state index contributed by atoms with van der Waals surface area (Å²) in [7, 11) is 1.66. The van der Waals surface area contributed by atoms with Crippen molar-refractivity contribution in [2.75, 3.05) is 7.11 Å². The van der Waals surface area contributed by atoms with E-state index in [-0.39, 0.29) is 0 Å². The van der Waals surface area contributed by atoms with Gasteiger partial charge in [-0.2, -0.15) is 0 Å². The number of ether oxygens (including phenoxy) is 1. The van der Waals surface area contributed by atoms with Crippen LogP contribution in [0.4, 0.5) is 0 Å². The second kappa shape index (κ2) is 6.54. The van der Waals surface area contributed by atoms with E-state index in [9.17, 15) is 0 Å². The van der Waals surface area contributed by atoms with Crippen LogP contribution in [0.25, 0.3) is 33.5 Å². The van der Waals surface area contributed by atoms with Gasteiger partial charge in [-0.3, -0.25) is 0 Å². The molecule has 0 unspecified atom stereocenters. The summed E-state index contributed by atoms with van der Waals surface area (Å²) in [6.07, 6.45) is 0. The topological polar surface area (TPSA) is 35.0 Å². The van der Waals surface area contributed by atoms with Crippen molar-refractivity contribution in [1.29, 1.82) is 0 Å². The first-order valence-electron chi connectivity index (χ1n) is 7.92. The lowest BCUT2D eigenvalue weighted by Gasteiger charge is -2.13. The molecular formula is C21H15ClN2O. The van der Waals surface area contributed by atoms with Crippen LogP contribution in [-0.2, 0) is 0 Å². The summed E-state index contributed by atoms with van der Waals surface area (Å²) in [5, 5.41) is 0.639. The summed E-state index contributed by atoms with van der Waals surface area (Å²) in [4.78, 5) is 9.73. The van der Waals surface area contributed by atoms with Crippen LogP contribution in [0.1, 0.15) is 0 Å². The van der Waals surface area contributed by atoms with Crippen molar-refractivity contribution in [3.05, 3.63) is 77.8 Å². The van der Waals surface area contributed by atoms with Crippen LogP contribution in [0.15, 0.2) is 72.8 Å². The molecule has 0 radical (unpaired) electrons. The fourth-order valence-corrected chi connectivity index (χ4v) is 3.02. The van der Waals surface area contributed by atoms with Gasteiger partial charge in [-0.15, -0.1) is 0 Å². The Morgan fingerprint density at radius 2 is 1.48 bits per heavy atom. The summed E-state index contributed by atoms with van der Waals surface area (Å²) < 4.78 is 5.53. The first-order chi connectivity index (χ1) is 12.3. The predicted octanol–water partition coefficient (Wildman–Crippen LogP) is 5.63. The molecule has 4 rings (SSSR count). The molecule has 0 aliphatic heterocycles. The van der Waals surface area contributed by atoms with Crippen molar-refractivity contribution in [2.45, 2.75) is 0 Å². The Morgan fingerprint density at radius 3 is 2.28 bits per heavy atom. The van der Waals surface area contributed by atoms with Crippen LogP contribution in [0.2, 0.25) is 5.02 Å². The number of methoxy groups -OCH3 is 1. The number of nitrogens with zero attached hydrogens (tertiary/aromatic N) is 2. The van der Waals surface area contributed by atoms with Crippen molar-refractivity contribution in [2.24, 2.45) is 0 Å². The predicted molar refractivity (Wildman–Crippen MR) is 102 cm³/mol. The molecule has 0 fully saturated rings. The quantitative estimate of drug-likeness (QED) is 0.482. The van der Waals surface area contributed by atoms with Crippen LogP contribution >= 0.6 is 11.6 Å². The van der Waals surface area contributed by atoms with Crippen LogP contribution in [-0.4, -0.2) is 17.1 Å². The second-order valence-corrected chi connectivity index (χ2v) is 6.06. The van der Waals surface area contributed by atoms with Gasteiger partial charge in [0.05, 0.1) is 23.8 Å². The normalized spacial score (nSPS) is 10.8. The van der Waals surface area contributed by atoms with Gasteiger partial charge in [-0.25, -0.2) is 9.97 Å². The molecule has 25 heavy (non-hydrogen) atoms. The smallest absolute Gasteiger partial charge is 0.128 e. The van der Waals surface area contributed by atoms with Crippen LogP contribution in [0.3, 0.4) is 0 Å². The molecular weight excluding hydrogens is 332 g/mol. The van der Waals surface area contributed by atoms with Crippen molar-refractivity contribution in [3.8, 4) is 28.3 Å². The number of hydrogen-bond donors (Lipinski definition) is 0. The van der Waals surface area contributed by atoms with Gasteiger partial charge in [0.25, 0.3) is 0 Å². The summed E-state index contributed by atoms with van der Waals surface area (Å²) in [6, 6.07) is 23.4. The fourth-order valence-electron chi connectivity index (χ4n) is 2.85. The lowest BCUT2D eigenvalue weighted by Crippen LogP contribution is -1.97. The van der Waals surface area contributed by atoms with Crippen LogP contribution < -0.4 is 4.74 Å². The minimum atomic E-state index is 0.639. The molecule has 122 valence electrons. The van der Waals surface area contributed by atoms with Gasteiger partial charge in [0.2, 0.25) is 0 Å². The van der Waals surface area contributed by atoms with E-state index in [0.717, 1.165) is 39.3 Å². The number of fused-ring (bicyclic) bond motifs is 1. The first-order valence-corrected chi connectivity index (χ1v) is 8.30. The molecule has 0 bridgehead atoms. The van der Waals surface area contributed by atoms with Gasteiger partial charge < -0.3 is 4.74 Å². The zero-order chi connectivity index (χ0) is 17.2. The maximum Gasteiger partial charge on any atom is 0.128 e. The molecule has 0 saturated heterocycles. The standard InChI is InChI=1S/C21H15ClN2O/c1-25-19-10-6-5-9-16(19)21-20(14-7-3-2-4-8-14)23-17-12-11-15(22)13-18(17)24-21/h2-13H,1H3. The molecule has 0 amide bonds. The molecule has 3 nitrogen and oxygen atoms in total. The molecule has 0 aliphatic rings. The third kappa shape index (κ3) is 2.94. The lowest BCUT2D eigenvalue weighted by molar-refractivity contribution is 0.416. The maximum atomic E-state index is 6.14. The highest BCUT2D eigenvalue weighted by Gasteiger charge is 2.16. The molecule has 0 atom stereocenters. The van der Waals surface area contributed by atoms with Crippen LogP contribution in [0, 0.1) is 0 Å². The zero-order valence-corrected chi connectivity index (χ0v) is 14.4. The SMILES string of the molecule is COc1ccccc1-c1nc2cc(Cl)ccc2nc1-c1ccccc1. The van der Waals surface area contributed by atoms with E-state index in [1.807, 2.05) is 72.8 Å². The molecule has 3 aromatic carbocycles. The highest BCUT2D eigenvalue weighted by atomic mass is 35.5. The molecule has 1 heterocycles. The largest absolute Gasteiger partial charge is 0.496 e. The Balaban J connectivity index is 2.06. The third-order valence-electron chi connectivity index (χ3n) is 4.04. The Labute approximate surface area is 150 Å². The second-order valence-electron chi connectivity index (χ2n) is 5.62. The van der Waals surface area contributed by atoms with E-state index in [0.29, 0.717) is 5.02 Å². The highest BCUT2D eigenvalue weighted by Crippen LogP contribution is 2.36. The lowest BCUT2D eigenvalue weighted by atomic mass is 10.0. The number of halogens is 1. The van der Waals surface area contributed by atoms with Crippen LogP contribution in [0.5, 0.6) is 5.75 Å². The average molecular weight is 347 g/mol. The molecule has 0 saturated carbocycles. The minimum absolute atomic E-state index is 0.639. The number of aromatic nitrogens is 2. The third-order valence-corrected chi connectivity index (χ3v) is 4.27. The van der Waals surface area contributed by atoms with E-state index < -0.39 is 0 Å². The van der Waals surface area contributed by atoms with Crippen molar-refractivity contribution in [3.63, 3.8) is 0 Å². The van der Waals surface area contributed by atoms with E-state index >= 15 is 0 Å². The van der Waals surface area contributed by atoms with Crippen molar-refractivity contribution < 1.29 is 4.74 Å². The monoisotopic (exact) mass is 346 g/mol. The van der Waals surface area contributed by atoms with Crippen molar-refractivity contribution >= 4 is 22.6 Å². The summed E-state index contributed by atoms with van der Waals surface area (Å²) in [5.74, 6) is 0.760. The molecule has 0 N–H and O–H groups in total. The van der Waals surface area contributed by atoms with Gasteiger partial charge in [-0.05, 0) is 30.3 Å². The highest BCUT2D eigenvalue weighted by molar-refractivity contribution is 6.31. The van der Waals surface area contributed by atoms with Gasteiger partial charge in [0, 0.05) is 16.1 Å². The van der Waals surface area contributed by atoms with Gasteiger partial charge in [0.1, 0.15) is 11.4 Å². The van der Waals surface area contributed by atoms with E-state index in [2.05, 4.69) is 0 Å². The average Bonchev–Trinajstić information content (AvgIpc) is 2.67. The van der Waals surface area contributed by atoms with Gasteiger partial charge in [0.15, 0.2) is 0 Å². The number of benzene rings is 3. The molecule has 4 aromatic rings. The summed E-state index contributed by atoms with van der Waals surface area (Å²) in [6.45, 7) is 0. The number of hydrogen-bond acceptors (Lipinski definition) is 3. The Bertz CT molecular complexity index is 1050. The molecule has 1 aromatic heterocycles. The van der Waals surface area contributed by atoms with Gasteiger partial charge in [-0.1, -0.05) is 54.1 Å². The van der Waals surface area contributed by atoms with Gasteiger partial charge >= 0.3 is 0 Å². The Hall–Kier alpha value is -2.91. The van der Waals surface area contributed by atoms with E-state index in [1.165, 1.54) is 0 Å². The van der Waals surface area contributed by atoms with Crippen molar-refractivity contribution in [1.82, 2.24) is 9.97 Å². The zero-order valence-electron chi connectivity index (χ0n) is 13.6. The Kier molecular flexibility index (Phi) is 4.08. The first kappa shape index (κ1) is 15.6. The number of para-hydroxylation sites is 1. The molecule has 4 heteroatoms. The maximum absolute atomic E-state index is 6.14. The molecule has 0 aliphatic carbocycles. The fraction of sp³-hybridized carbons (Fsp3) is 0.0476. The Morgan fingerprint density at radius 1 is 0.760 bits per heavy atom. The molecule has 0 spiro atoms.